The Morgan fingerprint density at radius 1 is 1.15 bits per heavy atom. The minimum atomic E-state index is 0.231. The van der Waals surface area contributed by atoms with E-state index in [4.69, 9.17) is 16.3 Å². The Hall–Kier alpha value is -0.760. The van der Waals surface area contributed by atoms with Crippen molar-refractivity contribution in [2.24, 2.45) is 5.92 Å². The van der Waals surface area contributed by atoms with E-state index in [0.717, 1.165) is 12.2 Å². The maximum atomic E-state index is 5.98. The van der Waals surface area contributed by atoms with Gasteiger partial charge in [-0.05, 0) is 37.8 Å². The number of nitrogens with zero attached hydrogens (tertiary/aromatic N) is 1. The Kier molecular flexibility index (Phi) is 8.68. The first-order chi connectivity index (χ1) is 9.67. The van der Waals surface area contributed by atoms with Crippen LogP contribution in [-0.4, -0.2) is 11.1 Å². The van der Waals surface area contributed by atoms with Crippen LogP contribution in [0.4, 0.5) is 0 Å². The molecule has 0 bridgehead atoms. The highest BCUT2D eigenvalue weighted by atomic mass is 35.5. The van der Waals surface area contributed by atoms with Crippen molar-refractivity contribution in [2.75, 3.05) is 0 Å². The molecule has 2 nitrogen and oxygen atoms in total. The molecule has 0 fully saturated rings. The lowest BCUT2D eigenvalue weighted by Gasteiger charge is -2.23. The van der Waals surface area contributed by atoms with Crippen molar-refractivity contribution < 1.29 is 4.74 Å². The standard InChI is InChI=1S/C17H28ClNO/c1-4-6-7-8-9-10-15(5-2)14(3)20-16-11-12-17(18)19-13-16/h11-15H,4-10H2,1-3H3. The van der Waals surface area contributed by atoms with Gasteiger partial charge < -0.3 is 4.74 Å². The monoisotopic (exact) mass is 297 g/mol. The highest BCUT2D eigenvalue weighted by Crippen LogP contribution is 2.23. The normalized spacial score (nSPS) is 14.0. The minimum absolute atomic E-state index is 0.231. The summed E-state index contributed by atoms with van der Waals surface area (Å²) in [6, 6.07) is 3.66. The summed E-state index contributed by atoms with van der Waals surface area (Å²) in [6.07, 6.45) is 11.0. The molecule has 20 heavy (non-hydrogen) atoms. The summed E-state index contributed by atoms with van der Waals surface area (Å²) in [4.78, 5) is 4.05. The SMILES string of the molecule is CCCCCCCC(CC)C(C)Oc1ccc(Cl)nc1. The van der Waals surface area contributed by atoms with Crippen molar-refractivity contribution in [3.05, 3.63) is 23.5 Å². The highest BCUT2D eigenvalue weighted by Gasteiger charge is 2.16. The fourth-order valence-electron chi connectivity index (χ4n) is 2.52. The molecule has 0 aliphatic carbocycles. The summed E-state index contributed by atoms with van der Waals surface area (Å²) < 4.78 is 5.98. The van der Waals surface area contributed by atoms with Gasteiger partial charge in [-0.1, -0.05) is 57.6 Å². The van der Waals surface area contributed by atoms with Gasteiger partial charge in [0.25, 0.3) is 0 Å². The Labute approximate surface area is 128 Å². The lowest BCUT2D eigenvalue weighted by Crippen LogP contribution is -2.23. The van der Waals surface area contributed by atoms with Crippen LogP contribution in [-0.2, 0) is 0 Å². The Bertz CT molecular complexity index is 353. The third kappa shape index (κ3) is 6.60. The van der Waals surface area contributed by atoms with Crippen LogP contribution in [0, 0.1) is 5.92 Å². The van der Waals surface area contributed by atoms with Gasteiger partial charge in [0, 0.05) is 0 Å². The molecule has 1 rings (SSSR count). The Balaban J connectivity index is 2.34. The van der Waals surface area contributed by atoms with Crippen molar-refractivity contribution >= 4 is 11.6 Å². The summed E-state index contributed by atoms with van der Waals surface area (Å²) in [5, 5.41) is 0.507. The van der Waals surface area contributed by atoms with E-state index >= 15 is 0 Å². The highest BCUT2D eigenvalue weighted by molar-refractivity contribution is 6.29. The molecule has 0 saturated carbocycles. The van der Waals surface area contributed by atoms with E-state index in [9.17, 15) is 0 Å². The molecular weight excluding hydrogens is 270 g/mol. The lowest BCUT2D eigenvalue weighted by atomic mass is 9.93. The van der Waals surface area contributed by atoms with E-state index in [2.05, 4.69) is 25.8 Å². The third-order valence-electron chi connectivity index (χ3n) is 3.89. The largest absolute Gasteiger partial charge is 0.489 e. The number of hydrogen-bond donors (Lipinski definition) is 0. The quantitative estimate of drug-likeness (QED) is 0.397. The first kappa shape index (κ1) is 17.3. The van der Waals surface area contributed by atoms with Crippen LogP contribution < -0.4 is 4.74 Å². The smallest absolute Gasteiger partial charge is 0.138 e. The van der Waals surface area contributed by atoms with Gasteiger partial charge in [-0.25, -0.2) is 4.98 Å². The van der Waals surface area contributed by atoms with Gasteiger partial charge in [0.1, 0.15) is 10.9 Å². The molecule has 0 aliphatic heterocycles. The van der Waals surface area contributed by atoms with Gasteiger partial charge in [0.05, 0.1) is 12.3 Å². The second kappa shape index (κ2) is 10.0. The summed E-state index contributed by atoms with van der Waals surface area (Å²) in [5.74, 6) is 1.43. The second-order valence-corrected chi connectivity index (χ2v) is 5.90. The number of rotatable bonds is 10. The van der Waals surface area contributed by atoms with Gasteiger partial charge in [-0.15, -0.1) is 0 Å². The van der Waals surface area contributed by atoms with Crippen LogP contribution in [0.5, 0.6) is 5.75 Å². The minimum Gasteiger partial charge on any atom is -0.489 e. The third-order valence-corrected chi connectivity index (χ3v) is 4.11. The van der Waals surface area contributed by atoms with Crippen LogP contribution >= 0.6 is 11.6 Å². The molecule has 0 saturated heterocycles. The lowest BCUT2D eigenvalue weighted by molar-refractivity contribution is 0.139. The zero-order valence-electron chi connectivity index (χ0n) is 13.1. The Morgan fingerprint density at radius 3 is 2.50 bits per heavy atom. The molecule has 0 aliphatic rings. The summed E-state index contributed by atoms with van der Waals surface area (Å²) in [5.41, 5.74) is 0. The molecule has 1 aromatic heterocycles. The fraction of sp³-hybridized carbons (Fsp3) is 0.706. The van der Waals surface area contributed by atoms with Gasteiger partial charge in [-0.2, -0.15) is 0 Å². The van der Waals surface area contributed by atoms with E-state index in [1.807, 2.05) is 6.07 Å². The van der Waals surface area contributed by atoms with E-state index in [0.29, 0.717) is 11.1 Å². The second-order valence-electron chi connectivity index (χ2n) is 5.51. The number of pyridine rings is 1. The van der Waals surface area contributed by atoms with E-state index < -0.39 is 0 Å². The van der Waals surface area contributed by atoms with Crippen molar-refractivity contribution in [3.63, 3.8) is 0 Å². The first-order valence-electron chi connectivity index (χ1n) is 7.95. The van der Waals surface area contributed by atoms with Crippen LogP contribution in [0.15, 0.2) is 18.3 Å². The van der Waals surface area contributed by atoms with Crippen molar-refractivity contribution in [3.8, 4) is 5.75 Å². The van der Waals surface area contributed by atoms with E-state index in [1.165, 1.54) is 38.5 Å². The molecule has 2 atom stereocenters. The summed E-state index contributed by atoms with van der Waals surface area (Å²) >= 11 is 5.78. The molecular formula is C17H28ClNO. The number of aromatic nitrogens is 1. The first-order valence-corrected chi connectivity index (χ1v) is 8.33. The maximum Gasteiger partial charge on any atom is 0.138 e. The number of unbranched alkanes of at least 4 members (excludes halogenated alkanes) is 4. The summed E-state index contributed by atoms with van der Waals surface area (Å²) in [6.45, 7) is 6.66. The molecule has 0 amide bonds. The zero-order valence-corrected chi connectivity index (χ0v) is 13.8. The van der Waals surface area contributed by atoms with Gasteiger partial charge in [0.15, 0.2) is 0 Å². The van der Waals surface area contributed by atoms with E-state index in [1.54, 1.807) is 12.3 Å². The molecule has 0 N–H and O–H groups in total. The van der Waals surface area contributed by atoms with Gasteiger partial charge >= 0.3 is 0 Å². The molecule has 2 unspecified atom stereocenters. The fourth-order valence-corrected chi connectivity index (χ4v) is 2.64. The number of halogens is 1. The van der Waals surface area contributed by atoms with Gasteiger partial charge in [-0.3, -0.25) is 0 Å². The van der Waals surface area contributed by atoms with Crippen LogP contribution in [0.25, 0.3) is 0 Å². The molecule has 114 valence electrons. The van der Waals surface area contributed by atoms with Gasteiger partial charge in [0.2, 0.25) is 0 Å². The maximum absolute atomic E-state index is 5.98. The average molecular weight is 298 g/mol. The topological polar surface area (TPSA) is 22.1 Å². The average Bonchev–Trinajstić information content (AvgIpc) is 2.45. The summed E-state index contributed by atoms with van der Waals surface area (Å²) in [7, 11) is 0. The number of ether oxygens (including phenoxy) is 1. The van der Waals surface area contributed by atoms with Crippen molar-refractivity contribution in [1.82, 2.24) is 4.98 Å². The molecule has 0 aromatic carbocycles. The predicted molar refractivity (Wildman–Crippen MR) is 86.5 cm³/mol. The van der Waals surface area contributed by atoms with Crippen LogP contribution in [0.2, 0.25) is 5.15 Å². The number of hydrogen-bond acceptors (Lipinski definition) is 2. The van der Waals surface area contributed by atoms with Crippen LogP contribution in [0.3, 0.4) is 0 Å². The van der Waals surface area contributed by atoms with Crippen molar-refractivity contribution in [2.45, 2.75) is 71.8 Å². The van der Waals surface area contributed by atoms with Crippen molar-refractivity contribution in [1.29, 1.82) is 0 Å². The van der Waals surface area contributed by atoms with E-state index in [-0.39, 0.29) is 6.10 Å². The molecule has 1 heterocycles. The Morgan fingerprint density at radius 2 is 1.90 bits per heavy atom. The molecule has 0 spiro atoms. The predicted octanol–water partition coefficient (Wildman–Crippen LogP) is 5.89. The molecule has 0 radical (unpaired) electrons. The van der Waals surface area contributed by atoms with Crippen LogP contribution in [0.1, 0.15) is 65.7 Å². The molecule has 3 heteroatoms. The molecule has 1 aromatic rings. The zero-order chi connectivity index (χ0) is 14.8.